The van der Waals surface area contributed by atoms with Crippen molar-refractivity contribution in [2.45, 2.75) is 38.1 Å². The Labute approximate surface area is 111 Å². The fraction of sp³-hybridized carbons (Fsp3) is 0.667. The van der Waals surface area contributed by atoms with Crippen LogP contribution in [0.15, 0.2) is 25.3 Å². The molecule has 0 radical (unpaired) electrons. The van der Waals surface area contributed by atoms with Crippen LogP contribution in [0.2, 0.25) is 0 Å². The van der Waals surface area contributed by atoms with Crippen LogP contribution in [0.3, 0.4) is 0 Å². The summed E-state index contributed by atoms with van der Waals surface area (Å²) >= 11 is 0. The lowest BCUT2D eigenvalue weighted by Crippen LogP contribution is -2.43. The third-order valence-corrected chi connectivity index (χ3v) is 3.63. The van der Waals surface area contributed by atoms with Crippen molar-refractivity contribution >= 4 is 5.91 Å². The molecule has 3 nitrogen and oxygen atoms in total. The van der Waals surface area contributed by atoms with Crippen molar-refractivity contribution in [3.8, 4) is 0 Å². The van der Waals surface area contributed by atoms with Crippen LogP contribution >= 0.6 is 0 Å². The molecule has 0 saturated heterocycles. The van der Waals surface area contributed by atoms with Crippen molar-refractivity contribution in [1.82, 2.24) is 9.80 Å². The maximum absolute atomic E-state index is 12.2. The molecule has 1 rings (SSSR count). The molecule has 0 aromatic rings. The van der Waals surface area contributed by atoms with E-state index in [0.29, 0.717) is 25.7 Å². The molecule has 1 aliphatic rings. The van der Waals surface area contributed by atoms with Gasteiger partial charge < -0.3 is 4.90 Å². The number of hydrogen-bond donors (Lipinski definition) is 0. The zero-order chi connectivity index (χ0) is 13.4. The second-order valence-corrected chi connectivity index (χ2v) is 5.08. The van der Waals surface area contributed by atoms with Crippen molar-refractivity contribution in [2.24, 2.45) is 0 Å². The molecule has 0 aliphatic heterocycles. The third-order valence-electron chi connectivity index (χ3n) is 3.63. The van der Waals surface area contributed by atoms with Gasteiger partial charge in [-0.15, -0.1) is 13.2 Å². The topological polar surface area (TPSA) is 23.6 Å². The minimum Gasteiger partial charge on any atom is -0.334 e. The van der Waals surface area contributed by atoms with E-state index in [1.54, 1.807) is 17.1 Å². The van der Waals surface area contributed by atoms with Gasteiger partial charge in [0.05, 0.1) is 6.54 Å². The van der Waals surface area contributed by atoms with Gasteiger partial charge in [0.2, 0.25) is 5.91 Å². The third kappa shape index (κ3) is 4.65. The second kappa shape index (κ2) is 8.09. The van der Waals surface area contributed by atoms with E-state index in [0.717, 1.165) is 0 Å². The molecule has 3 heteroatoms. The lowest BCUT2D eigenvalue weighted by atomic mass is 9.94. The molecule has 0 unspecified atom stereocenters. The Morgan fingerprint density at radius 2 is 1.72 bits per heavy atom. The molecule has 1 amide bonds. The highest BCUT2D eigenvalue weighted by atomic mass is 16.2. The highest BCUT2D eigenvalue weighted by Crippen LogP contribution is 2.21. The minimum atomic E-state index is 0.169. The quantitative estimate of drug-likeness (QED) is 0.648. The lowest BCUT2D eigenvalue weighted by Gasteiger charge is -2.32. The average Bonchev–Trinajstić information content (AvgIpc) is 2.39. The number of likely N-dealkylation sites (N-methyl/N-ethyl adjacent to an activating group) is 1. The maximum atomic E-state index is 12.2. The van der Waals surface area contributed by atoms with E-state index in [9.17, 15) is 4.79 Å². The molecule has 18 heavy (non-hydrogen) atoms. The zero-order valence-electron chi connectivity index (χ0n) is 11.6. The van der Waals surface area contributed by atoms with Crippen LogP contribution in [0.25, 0.3) is 0 Å². The van der Waals surface area contributed by atoms with Crippen molar-refractivity contribution in [3.63, 3.8) is 0 Å². The predicted molar refractivity (Wildman–Crippen MR) is 76.5 cm³/mol. The summed E-state index contributed by atoms with van der Waals surface area (Å²) in [4.78, 5) is 16.2. The monoisotopic (exact) mass is 250 g/mol. The van der Waals surface area contributed by atoms with Crippen molar-refractivity contribution in [2.75, 3.05) is 26.7 Å². The summed E-state index contributed by atoms with van der Waals surface area (Å²) in [6.07, 6.45) is 9.93. The smallest absolute Gasteiger partial charge is 0.237 e. The molecule has 1 aliphatic carbocycles. The van der Waals surface area contributed by atoms with E-state index >= 15 is 0 Å². The molecule has 0 spiro atoms. The SMILES string of the molecule is C=CCN(CC=C)C(=O)CN(C)C1CCCCC1. The van der Waals surface area contributed by atoms with E-state index in [4.69, 9.17) is 0 Å². The van der Waals surface area contributed by atoms with Gasteiger partial charge in [0.25, 0.3) is 0 Å². The Morgan fingerprint density at radius 3 is 2.22 bits per heavy atom. The van der Waals surface area contributed by atoms with Gasteiger partial charge in [0.1, 0.15) is 0 Å². The highest BCUT2D eigenvalue weighted by molar-refractivity contribution is 5.78. The molecule has 1 saturated carbocycles. The summed E-state index contributed by atoms with van der Waals surface area (Å²) in [5.41, 5.74) is 0. The number of amides is 1. The summed E-state index contributed by atoms with van der Waals surface area (Å²) in [5, 5.41) is 0. The van der Waals surface area contributed by atoms with Crippen LogP contribution in [0.1, 0.15) is 32.1 Å². The minimum absolute atomic E-state index is 0.169. The molecule has 102 valence electrons. The van der Waals surface area contributed by atoms with Crippen molar-refractivity contribution in [1.29, 1.82) is 0 Å². The van der Waals surface area contributed by atoms with Crippen LogP contribution in [-0.4, -0.2) is 48.4 Å². The maximum Gasteiger partial charge on any atom is 0.237 e. The van der Waals surface area contributed by atoms with Crippen LogP contribution in [0, 0.1) is 0 Å². The normalized spacial score (nSPS) is 16.6. The van der Waals surface area contributed by atoms with E-state index in [1.807, 2.05) is 0 Å². The van der Waals surface area contributed by atoms with Crippen LogP contribution < -0.4 is 0 Å². The molecule has 0 aromatic heterocycles. The van der Waals surface area contributed by atoms with Gasteiger partial charge in [-0.25, -0.2) is 0 Å². The summed E-state index contributed by atoms with van der Waals surface area (Å²) < 4.78 is 0. The molecule has 0 aromatic carbocycles. The van der Waals surface area contributed by atoms with Gasteiger partial charge in [-0.3, -0.25) is 9.69 Å². The van der Waals surface area contributed by atoms with Gasteiger partial charge >= 0.3 is 0 Å². The first-order chi connectivity index (χ1) is 8.69. The molecule has 1 fully saturated rings. The van der Waals surface area contributed by atoms with Crippen LogP contribution in [-0.2, 0) is 4.79 Å². The van der Waals surface area contributed by atoms with Gasteiger partial charge in [-0.05, 0) is 19.9 Å². The first-order valence-corrected chi connectivity index (χ1v) is 6.88. The first kappa shape index (κ1) is 15.0. The molecule has 0 heterocycles. The molecular formula is C15H26N2O. The van der Waals surface area contributed by atoms with Crippen LogP contribution in [0.4, 0.5) is 0 Å². The Morgan fingerprint density at radius 1 is 1.17 bits per heavy atom. The Hall–Kier alpha value is -1.09. The summed E-state index contributed by atoms with van der Waals surface area (Å²) in [5.74, 6) is 0.169. The summed E-state index contributed by atoms with van der Waals surface area (Å²) in [6, 6.07) is 0.581. The number of nitrogens with zero attached hydrogens (tertiary/aromatic N) is 2. The fourth-order valence-electron chi connectivity index (χ4n) is 2.55. The van der Waals surface area contributed by atoms with E-state index in [2.05, 4.69) is 25.1 Å². The Bertz CT molecular complexity index is 272. The van der Waals surface area contributed by atoms with Gasteiger partial charge in [-0.2, -0.15) is 0 Å². The molecule has 0 N–H and O–H groups in total. The predicted octanol–water partition coefficient (Wildman–Crippen LogP) is 2.45. The highest BCUT2D eigenvalue weighted by Gasteiger charge is 2.21. The zero-order valence-corrected chi connectivity index (χ0v) is 11.6. The standard InChI is InChI=1S/C15H26N2O/c1-4-11-17(12-5-2)15(18)13-16(3)14-9-7-6-8-10-14/h4-5,14H,1-2,6-13H2,3H3. The van der Waals surface area contributed by atoms with Gasteiger partial charge in [0.15, 0.2) is 0 Å². The van der Waals surface area contributed by atoms with E-state index < -0.39 is 0 Å². The number of carbonyl (C=O) groups excluding carboxylic acids is 1. The molecule has 0 bridgehead atoms. The average molecular weight is 250 g/mol. The summed E-state index contributed by atoms with van der Waals surface area (Å²) in [7, 11) is 2.06. The van der Waals surface area contributed by atoms with Crippen LogP contribution in [0.5, 0.6) is 0 Å². The Kier molecular flexibility index (Phi) is 6.73. The first-order valence-electron chi connectivity index (χ1n) is 6.88. The van der Waals surface area contributed by atoms with E-state index in [1.165, 1.54) is 32.1 Å². The van der Waals surface area contributed by atoms with Gasteiger partial charge in [-0.1, -0.05) is 31.4 Å². The van der Waals surface area contributed by atoms with Crippen molar-refractivity contribution < 1.29 is 4.79 Å². The summed E-state index contributed by atoms with van der Waals surface area (Å²) in [6.45, 7) is 9.09. The molecular weight excluding hydrogens is 224 g/mol. The second-order valence-electron chi connectivity index (χ2n) is 5.08. The number of hydrogen-bond acceptors (Lipinski definition) is 2. The Balaban J connectivity index is 2.44. The van der Waals surface area contributed by atoms with Gasteiger partial charge in [0, 0.05) is 19.1 Å². The number of rotatable bonds is 7. The van der Waals surface area contributed by atoms with Crippen molar-refractivity contribution in [3.05, 3.63) is 25.3 Å². The largest absolute Gasteiger partial charge is 0.334 e. The number of carbonyl (C=O) groups is 1. The lowest BCUT2D eigenvalue weighted by molar-refractivity contribution is -0.131. The fourth-order valence-corrected chi connectivity index (χ4v) is 2.55. The van der Waals surface area contributed by atoms with E-state index in [-0.39, 0.29) is 5.91 Å². The molecule has 0 atom stereocenters.